The molecule has 26 heavy (non-hydrogen) atoms. The number of ether oxygens (including phenoxy) is 1. The van der Waals surface area contributed by atoms with E-state index in [1.165, 1.54) is 24.9 Å². The third-order valence-corrected chi connectivity index (χ3v) is 6.12. The van der Waals surface area contributed by atoms with Gasteiger partial charge in [0.1, 0.15) is 0 Å². The number of benzene rings is 1. The highest BCUT2D eigenvalue weighted by molar-refractivity contribution is 5.99. The van der Waals surface area contributed by atoms with Crippen LogP contribution in [-0.4, -0.2) is 63.3 Å². The molecular weight excluding hydrogens is 326 g/mol. The summed E-state index contributed by atoms with van der Waals surface area (Å²) in [5.74, 6) is 0.585. The summed E-state index contributed by atoms with van der Waals surface area (Å²) in [5.41, 5.74) is 2.33. The predicted molar refractivity (Wildman–Crippen MR) is 105 cm³/mol. The van der Waals surface area contributed by atoms with Crippen molar-refractivity contribution in [1.29, 1.82) is 0 Å². The number of hydrogen-bond donors (Lipinski definition) is 0. The summed E-state index contributed by atoms with van der Waals surface area (Å²) in [6, 6.07) is 8.45. The smallest absolute Gasteiger partial charge is 0.230 e. The highest BCUT2D eigenvalue weighted by atomic mass is 16.5. The summed E-state index contributed by atoms with van der Waals surface area (Å²) in [6.45, 7) is 7.58. The molecular formula is C21H31N3O2. The first kappa shape index (κ1) is 17.8. The van der Waals surface area contributed by atoms with E-state index >= 15 is 0 Å². The van der Waals surface area contributed by atoms with Crippen molar-refractivity contribution in [1.82, 2.24) is 4.90 Å². The zero-order chi connectivity index (χ0) is 17.8. The molecule has 3 aliphatic rings. The average Bonchev–Trinajstić information content (AvgIpc) is 2.73. The molecule has 0 aromatic heterocycles. The lowest BCUT2D eigenvalue weighted by Crippen LogP contribution is -2.49. The van der Waals surface area contributed by atoms with Crippen molar-refractivity contribution in [3.05, 3.63) is 24.3 Å². The van der Waals surface area contributed by atoms with Crippen molar-refractivity contribution < 1.29 is 9.53 Å². The summed E-state index contributed by atoms with van der Waals surface area (Å²) in [4.78, 5) is 20.1. The van der Waals surface area contributed by atoms with Crippen LogP contribution in [-0.2, 0) is 9.53 Å². The van der Waals surface area contributed by atoms with Crippen LogP contribution in [0.25, 0.3) is 0 Å². The van der Waals surface area contributed by atoms with Crippen molar-refractivity contribution in [3.8, 4) is 0 Å². The molecule has 4 rings (SSSR count). The number of anilines is 2. The van der Waals surface area contributed by atoms with E-state index in [4.69, 9.17) is 4.74 Å². The predicted octanol–water partition coefficient (Wildman–Crippen LogP) is 2.75. The van der Waals surface area contributed by atoms with Gasteiger partial charge in [-0.05, 0) is 25.0 Å². The van der Waals surface area contributed by atoms with E-state index in [1.54, 1.807) is 0 Å². The fourth-order valence-electron chi connectivity index (χ4n) is 4.54. The van der Waals surface area contributed by atoms with Crippen LogP contribution in [0.5, 0.6) is 0 Å². The maximum Gasteiger partial charge on any atom is 0.230 e. The molecule has 1 aliphatic carbocycles. The third kappa shape index (κ3) is 3.89. The SMILES string of the molecule is O=C(C1CCCCC1)N1CCN(CCN2CCOCC2)c2ccccc21. The van der Waals surface area contributed by atoms with Gasteiger partial charge in [-0.1, -0.05) is 31.4 Å². The largest absolute Gasteiger partial charge is 0.379 e. The van der Waals surface area contributed by atoms with E-state index in [9.17, 15) is 4.79 Å². The molecule has 5 heteroatoms. The van der Waals surface area contributed by atoms with Crippen LogP contribution in [0.1, 0.15) is 32.1 Å². The summed E-state index contributed by atoms with van der Waals surface area (Å²) in [5, 5.41) is 0. The summed E-state index contributed by atoms with van der Waals surface area (Å²) in [6.07, 6.45) is 5.83. The van der Waals surface area contributed by atoms with E-state index in [0.29, 0.717) is 5.91 Å². The number of carbonyl (C=O) groups excluding carboxylic acids is 1. The molecule has 1 aromatic carbocycles. The van der Waals surface area contributed by atoms with E-state index in [2.05, 4.69) is 39.0 Å². The number of nitrogens with zero attached hydrogens (tertiary/aromatic N) is 3. The number of carbonyl (C=O) groups is 1. The Labute approximate surface area is 156 Å². The Hall–Kier alpha value is -1.59. The van der Waals surface area contributed by atoms with Gasteiger partial charge in [0.2, 0.25) is 5.91 Å². The number of fused-ring (bicyclic) bond motifs is 1. The van der Waals surface area contributed by atoms with E-state index in [-0.39, 0.29) is 5.92 Å². The quantitative estimate of drug-likeness (QED) is 0.830. The number of amides is 1. The third-order valence-electron chi connectivity index (χ3n) is 6.12. The summed E-state index contributed by atoms with van der Waals surface area (Å²) >= 11 is 0. The molecule has 0 spiro atoms. The van der Waals surface area contributed by atoms with Gasteiger partial charge < -0.3 is 14.5 Å². The van der Waals surface area contributed by atoms with Crippen LogP contribution in [0.3, 0.4) is 0 Å². The van der Waals surface area contributed by atoms with Crippen LogP contribution < -0.4 is 9.80 Å². The zero-order valence-corrected chi connectivity index (χ0v) is 15.7. The van der Waals surface area contributed by atoms with Crippen LogP contribution in [0.2, 0.25) is 0 Å². The highest BCUT2D eigenvalue weighted by Gasteiger charge is 2.31. The normalized spacial score (nSPS) is 22.3. The first-order valence-electron chi connectivity index (χ1n) is 10.3. The second-order valence-electron chi connectivity index (χ2n) is 7.75. The molecule has 0 atom stereocenters. The van der Waals surface area contributed by atoms with Crippen molar-refractivity contribution in [2.45, 2.75) is 32.1 Å². The zero-order valence-electron chi connectivity index (χ0n) is 15.7. The first-order valence-corrected chi connectivity index (χ1v) is 10.3. The van der Waals surface area contributed by atoms with Gasteiger partial charge in [-0.25, -0.2) is 0 Å². The Morgan fingerprint density at radius 3 is 2.42 bits per heavy atom. The Morgan fingerprint density at radius 1 is 0.923 bits per heavy atom. The average molecular weight is 357 g/mol. The molecule has 0 bridgehead atoms. The molecule has 2 fully saturated rings. The van der Waals surface area contributed by atoms with Gasteiger partial charge in [0.05, 0.1) is 24.6 Å². The lowest BCUT2D eigenvalue weighted by molar-refractivity contribution is -0.123. The number of hydrogen-bond acceptors (Lipinski definition) is 4. The Balaban J connectivity index is 1.44. The number of para-hydroxylation sites is 2. The van der Waals surface area contributed by atoms with Crippen molar-refractivity contribution in [2.75, 3.05) is 62.3 Å². The molecule has 0 unspecified atom stereocenters. The van der Waals surface area contributed by atoms with Crippen molar-refractivity contribution >= 4 is 17.3 Å². The molecule has 1 saturated carbocycles. The Bertz CT molecular complexity index is 609. The highest BCUT2D eigenvalue weighted by Crippen LogP contribution is 2.35. The maximum absolute atomic E-state index is 13.1. The second-order valence-corrected chi connectivity index (χ2v) is 7.75. The van der Waals surface area contributed by atoms with Gasteiger partial charge in [0, 0.05) is 45.2 Å². The summed E-state index contributed by atoms with van der Waals surface area (Å²) < 4.78 is 5.45. The fourth-order valence-corrected chi connectivity index (χ4v) is 4.54. The van der Waals surface area contributed by atoms with Crippen molar-refractivity contribution in [2.24, 2.45) is 5.92 Å². The van der Waals surface area contributed by atoms with Crippen LogP contribution in [0.4, 0.5) is 11.4 Å². The lowest BCUT2D eigenvalue weighted by Gasteiger charge is -2.40. The van der Waals surface area contributed by atoms with Gasteiger partial charge in [-0.3, -0.25) is 9.69 Å². The van der Waals surface area contributed by atoms with Gasteiger partial charge in [0.25, 0.3) is 0 Å². The molecule has 1 amide bonds. The minimum atomic E-state index is 0.233. The monoisotopic (exact) mass is 357 g/mol. The lowest BCUT2D eigenvalue weighted by atomic mass is 9.88. The summed E-state index contributed by atoms with van der Waals surface area (Å²) in [7, 11) is 0. The fraction of sp³-hybridized carbons (Fsp3) is 0.667. The number of rotatable bonds is 4. The molecule has 0 N–H and O–H groups in total. The first-order chi connectivity index (χ1) is 12.8. The molecule has 2 heterocycles. The minimum absolute atomic E-state index is 0.233. The van der Waals surface area contributed by atoms with E-state index in [0.717, 1.165) is 71.0 Å². The number of morpholine rings is 1. The maximum atomic E-state index is 13.1. The van der Waals surface area contributed by atoms with Gasteiger partial charge >= 0.3 is 0 Å². The standard InChI is InChI=1S/C21H31N3O2/c25-21(18-6-2-1-3-7-18)24-13-12-23(19-8-4-5-9-20(19)24)11-10-22-14-16-26-17-15-22/h4-5,8-9,18H,1-3,6-7,10-17H2. The van der Waals surface area contributed by atoms with Gasteiger partial charge in [-0.15, -0.1) is 0 Å². The van der Waals surface area contributed by atoms with Gasteiger partial charge in [0.15, 0.2) is 0 Å². The molecule has 1 aromatic rings. The van der Waals surface area contributed by atoms with E-state index < -0.39 is 0 Å². The van der Waals surface area contributed by atoms with E-state index in [1.807, 2.05) is 0 Å². The Kier molecular flexibility index (Phi) is 5.75. The van der Waals surface area contributed by atoms with Crippen LogP contribution in [0.15, 0.2) is 24.3 Å². The molecule has 142 valence electrons. The van der Waals surface area contributed by atoms with Crippen molar-refractivity contribution in [3.63, 3.8) is 0 Å². The van der Waals surface area contributed by atoms with Crippen LogP contribution >= 0.6 is 0 Å². The molecule has 1 saturated heterocycles. The Morgan fingerprint density at radius 2 is 1.65 bits per heavy atom. The molecule has 5 nitrogen and oxygen atoms in total. The minimum Gasteiger partial charge on any atom is -0.379 e. The molecule has 0 radical (unpaired) electrons. The molecule has 2 aliphatic heterocycles. The topological polar surface area (TPSA) is 36.0 Å². The van der Waals surface area contributed by atoms with Crippen LogP contribution in [0, 0.1) is 5.92 Å². The second kappa shape index (κ2) is 8.40. The van der Waals surface area contributed by atoms with Gasteiger partial charge in [-0.2, -0.15) is 0 Å².